The summed E-state index contributed by atoms with van der Waals surface area (Å²) in [6, 6.07) is 0. The minimum Gasteiger partial charge on any atom is -0.0683 e. The number of hydrogen-bond acceptors (Lipinski definition) is 0. The first-order valence-electron chi connectivity index (χ1n) is 9.03. The Hall–Kier alpha value is 0. The molecule has 0 aliphatic rings. The molecule has 0 fully saturated rings. The molecular formula is C20H46. The van der Waals surface area contributed by atoms with Gasteiger partial charge in [-0.15, -0.1) is 0 Å². The Labute approximate surface area is 132 Å². The summed E-state index contributed by atoms with van der Waals surface area (Å²) in [4.78, 5) is 0. The minimum atomic E-state index is 0.487. The minimum absolute atomic E-state index is 0.487. The van der Waals surface area contributed by atoms with Gasteiger partial charge in [-0.1, -0.05) is 83.1 Å². The topological polar surface area (TPSA) is 0 Å². The third-order valence-electron chi connectivity index (χ3n) is 3.97. The van der Waals surface area contributed by atoms with Crippen LogP contribution in [-0.2, 0) is 0 Å². The van der Waals surface area contributed by atoms with E-state index >= 15 is 0 Å². The first kappa shape index (κ1) is 25.0. The van der Waals surface area contributed by atoms with E-state index in [4.69, 9.17) is 0 Å². The third kappa shape index (κ3) is 18.0. The molecule has 0 rings (SSSR count). The van der Waals surface area contributed by atoms with E-state index in [1.807, 2.05) is 27.7 Å². The van der Waals surface area contributed by atoms with Gasteiger partial charge in [-0.3, -0.25) is 0 Å². The van der Waals surface area contributed by atoms with E-state index in [2.05, 4.69) is 55.4 Å². The number of rotatable bonds is 6. The Bertz CT molecular complexity index is 181. The number of hydrogen-bond donors (Lipinski definition) is 0. The van der Waals surface area contributed by atoms with Crippen LogP contribution >= 0.6 is 0 Å². The Morgan fingerprint density at radius 1 is 0.650 bits per heavy atom. The maximum Gasteiger partial charge on any atom is -0.0354 e. The molecule has 0 spiro atoms. The average molecular weight is 287 g/mol. The van der Waals surface area contributed by atoms with Crippen molar-refractivity contribution >= 4 is 0 Å². The lowest BCUT2D eigenvalue weighted by Gasteiger charge is -2.30. The third-order valence-corrected chi connectivity index (χ3v) is 3.97. The highest BCUT2D eigenvalue weighted by Gasteiger charge is 2.22. The van der Waals surface area contributed by atoms with E-state index in [0.717, 1.165) is 11.8 Å². The molecule has 0 radical (unpaired) electrons. The predicted octanol–water partition coefficient (Wildman–Crippen LogP) is 7.96. The van der Waals surface area contributed by atoms with Gasteiger partial charge < -0.3 is 0 Å². The van der Waals surface area contributed by atoms with Gasteiger partial charge in [0, 0.05) is 0 Å². The van der Waals surface area contributed by atoms with E-state index in [1.165, 1.54) is 25.7 Å². The van der Waals surface area contributed by atoms with Crippen molar-refractivity contribution in [3.8, 4) is 0 Å². The van der Waals surface area contributed by atoms with Gasteiger partial charge in [0.1, 0.15) is 0 Å². The van der Waals surface area contributed by atoms with Crippen LogP contribution in [0.4, 0.5) is 0 Å². The largest absolute Gasteiger partial charge is 0.0683 e. The van der Waals surface area contributed by atoms with Gasteiger partial charge in [0.2, 0.25) is 0 Å². The van der Waals surface area contributed by atoms with Crippen LogP contribution in [0.15, 0.2) is 0 Å². The van der Waals surface area contributed by atoms with Gasteiger partial charge in [0.25, 0.3) is 0 Å². The fraction of sp³-hybridized carbons (Fsp3) is 1.00. The molecule has 0 aliphatic heterocycles. The molecule has 0 saturated heterocycles. The zero-order valence-electron chi connectivity index (χ0n) is 17.0. The zero-order valence-corrected chi connectivity index (χ0v) is 17.0. The first-order valence-corrected chi connectivity index (χ1v) is 9.03. The predicted molar refractivity (Wildman–Crippen MR) is 98.4 cm³/mol. The summed E-state index contributed by atoms with van der Waals surface area (Å²) in [5.41, 5.74) is 1.01. The molecule has 20 heavy (non-hydrogen) atoms. The van der Waals surface area contributed by atoms with E-state index in [0.29, 0.717) is 10.8 Å². The van der Waals surface area contributed by atoms with Crippen LogP contribution in [0.3, 0.4) is 0 Å². The van der Waals surface area contributed by atoms with E-state index in [9.17, 15) is 0 Å². The second-order valence-electron chi connectivity index (χ2n) is 7.98. The summed E-state index contributed by atoms with van der Waals surface area (Å²) in [5.74, 6) is 1.70. The second-order valence-corrected chi connectivity index (χ2v) is 7.98. The van der Waals surface area contributed by atoms with Gasteiger partial charge >= 0.3 is 0 Å². The molecule has 0 aromatic carbocycles. The van der Waals surface area contributed by atoms with Crippen molar-refractivity contribution in [2.24, 2.45) is 22.7 Å². The quantitative estimate of drug-likeness (QED) is 0.464. The Kier molecular flexibility index (Phi) is 15.9. The maximum absolute atomic E-state index is 2.44. The SMILES string of the molecule is CC.CC.CC(C)C(C)CCC(C)(C)CCC(C)(C)C. The van der Waals surface area contributed by atoms with Crippen molar-refractivity contribution in [2.75, 3.05) is 0 Å². The highest BCUT2D eigenvalue weighted by atomic mass is 14.3. The van der Waals surface area contributed by atoms with Crippen molar-refractivity contribution in [2.45, 2.75) is 109 Å². The molecule has 0 N–H and O–H groups in total. The lowest BCUT2D eigenvalue weighted by molar-refractivity contribution is 0.216. The van der Waals surface area contributed by atoms with E-state index < -0.39 is 0 Å². The molecule has 1 unspecified atom stereocenters. The van der Waals surface area contributed by atoms with Crippen LogP contribution in [0.25, 0.3) is 0 Å². The molecule has 0 amide bonds. The van der Waals surface area contributed by atoms with Crippen LogP contribution in [0.1, 0.15) is 109 Å². The smallest absolute Gasteiger partial charge is 0.0354 e. The Morgan fingerprint density at radius 3 is 1.35 bits per heavy atom. The van der Waals surface area contributed by atoms with Crippen molar-refractivity contribution in [3.05, 3.63) is 0 Å². The molecule has 0 heterocycles. The van der Waals surface area contributed by atoms with Crippen molar-refractivity contribution in [3.63, 3.8) is 0 Å². The molecule has 126 valence electrons. The summed E-state index contributed by atoms with van der Waals surface area (Å²) in [7, 11) is 0. The highest BCUT2D eigenvalue weighted by Crippen LogP contribution is 2.35. The van der Waals surface area contributed by atoms with E-state index in [-0.39, 0.29) is 0 Å². The summed E-state index contributed by atoms with van der Waals surface area (Å²) in [5, 5.41) is 0. The van der Waals surface area contributed by atoms with Crippen LogP contribution in [0.2, 0.25) is 0 Å². The normalized spacial score (nSPS) is 13.1. The van der Waals surface area contributed by atoms with Gasteiger partial charge in [-0.05, 0) is 48.3 Å². The fourth-order valence-electron chi connectivity index (χ4n) is 1.79. The lowest BCUT2D eigenvalue weighted by atomic mass is 9.75. The van der Waals surface area contributed by atoms with Gasteiger partial charge in [-0.25, -0.2) is 0 Å². The second kappa shape index (κ2) is 12.7. The van der Waals surface area contributed by atoms with Crippen molar-refractivity contribution < 1.29 is 0 Å². The highest BCUT2D eigenvalue weighted by molar-refractivity contribution is 4.74. The van der Waals surface area contributed by atoms with Crippen molar-refractivity contribution in [1.82, 2.24) is 0 Å². The molecule has 1 atom stereocenters. The van der Waals surface area contributed by atoms with Crippen molar-refractivity contribution in [1.29, 1.82) is 0 Å². The fourth-order valence-corrected chi connectivity index (χ4v) is 1.79. The molecule has 0 aromatic heterocycles. The Balaban J connectivity index is -0.000000656. The first-order chi connectivity index (χ1) is 9.03. The van der Waals surface area contributed by atoms with E-state index in [1.54, 1.807) is 0 Å². The summed E-state index contributed by atoms with van der Waals surface area (Å²) < 4.78 is 0. The van der Waals surface area contributed by atoms with Gasteiger partial charge in [-0.2, -0.15) is 0 Å². The molecule has 0 saturated carbocycles. The van der Waals surface area contributed by atoms with Gasteiger partial charge in [0.15, 0.2) is 0 Å². The molecule has 0 nitrogen and oxygen atoms in total. The molecular weight excluding hydrogens is 240 g/mol. The maximum atomic E-state index is 2.44. The summed E-state index contributed by atoms with van der Waals surface area (Å²) >= 11 is 0. The molecule has 0 heteroatoms. The lowest BCUT2D eigenvalue weighted by Crippen LogP contribution is -2.18. The summed E-state index contributed by atoms with van der Waals surface area (Å²) in [6.07, 6.45) is 5.47. The van der Waals surface area contributed by atoms with Crippen LogP contribution in [-0.4, -0.2) is 0 Å². The monoisotopic (exact) mass is 286 g/mol. The average Bonchev–Trinajstić information content (AvgIpc) is 2.38. The molecule has 0 aliphatic carbocycles. The molecule has 0 bridgehead atoms. The zero-order chi connectivity index (χ0) is 17.0. The molecule has 0 aromatic rings. The van der Waals surface area contributed by atoms with Crippen LogP contribution < -0.4 is 0 Å². The van der Waals surface area contributed by atoms with Gasteiger partial charge in [0.05, 0.1) is 0 Å². The Morgan fingerprint density at radius 2 is 1.05 bits per heavy atom. The van der Waals surface area contributed by atoms with Crippen LogP contribution in [0, 0.1) is 22.7 Å². The van der Waals surface area contributed by atoms with Crippen LogP contribution in [0.5, 0.6) is 0 Å². The summed E-state index contributed by atoms with van der Waals surface area (Å²) in [6.45, 7) is 27.0. The standard InChI is InChI=1S/C16H34.2C2H6/c1-13(2)14(3)9-10-16(7,8)12-11-15(4,5)6;2*1-2/h13-14H,9-12H2,1-8H3;2*1-2H3.